The zero-order chi connectivity index (χ0) is 30.0. The van der Waals surface area contributed by atoms with Crippen molar-refractivity contribution in [1.29, 1.82) is 0 Å². The van der Waals surface area contributed by atoms with Gasteiger partial charge in [-0.15, -0.1) is 0 Å². The van der Waals surface area contributed by atoms with Gasteiger partial charge in [-0.1, -0.05) is 141 Å². The van der Waals surface area contributed by atoms with E-state index >= 15 is 0 Å². The number of ether oxygens (including phenoxy) is 1. The van der Waals surface area contributed by atoms with Gasteiger partial charge in [-0.25, -0.2) is 0 Å². The molecule has 240 valence electrons. The lowest BCUT2D eigenvalue weighted by Crippen LogP contribution is -2.47. The maximum atomic E-state index is 6.44. The van der Waals surface area contributed by atoms with Gasteiger partial charge in [0.2, 0.25) is 0 Å². The van der Waals surface area contributed by atoms with Crippen molar-refractivity contribution in [2.45, 2.75) is 143 Å². The quantitative estimate of drug-likeness (QED) is 0.257. The van der Waals surface area contributed by atoms with E-state index in [0.717, 1.165) is 36.9 Å². The van der Waals surface area contributed by atoms with Crippen LogP contribution in [-0.2, 0) is 4.74 Å². The van der Waals surface area contributed by atoms with E-state index in [0.29, 0.717) is 22.7 Å². The molecule has 0 spiro atoms. The molecule has 0 aliphatic heterocycles. The minimum atomic E-state index is 0.208. The van der Waals surface area contributed by atoms with E-state index in [-0.39, 0.29) is 10.8 Å². The molecule has 0 heterocycles. The molecule has 6 rings (SSSR count). The maximum Gasteiger partial charge on any atom is 0.0563 e. The molecule has 4 saturated carbocycles. The standard InChI is InChI=1S/C42H66O/c1-33-11-15-37(16-12-33)41(23-7-5-8-24-41)39(3)27-19-35(20-28-39)31-43-32-36-21-29-40(4,30-22-36)42(25-9-6-10-26-42)38-17-13-34(2)14-18-38/h19-22,27-30,33-38H,5-18,23-26,31-32H2,1-4H3. The first kappa shape index (κ1) is 31.9. The van der Waals surface area contributed by atoms with Crippen LogP contribution in [-0.4, -0.2) is 13.2 Å². The van der Waals surface area contributed by atoms with E-state index in [1.165, 1.54) is 116 Å². The van der Waals surface area contributed by atoms with E-state index in [2.05, 4.69) is 76.3 Å². The lowest BCUT2D eigenvalue weighted by atomic mass is 9.49. The SMILES string of the molecule is CC1CCC(C2(C3(C)C=CC(COCC4C=CC(C)(C5(C6CCC(C)CC6)CCCCC5)C=C4)C=C3)CCCCC2)CC1. The van der Waals surface area contributed by atoms with Gasteiger partial charge in [-0.2, -0.15) is 0 Å². The van der Waals surface area contributed by atoms with Crippen molar-refractivity contribution < 1.29 is 4.74 Å². The number of rotatable bonds is 8. The summed E-state index contributed by atoms with van der Waals surface area (Å²) in [6.45, 7) is 11.7. The third kappa shape index (κ3) is 6.33. The van der Waals surface area contributed by atoms with Gasteiger partial charge in [0.25, 0.3) is 0 Å². The highest BCUT2D eigenvalue weighted by molar-refractivity contribution is 5.27. The van der Waals surface area contributed by atoms with Crippen molar-refractivity contribution in [3.8, 4) is 0 Å². The van der Waals surface area contributed by atoms with E-state index in [4.69, 9.17) is 4.74 Å². The van der Waals surface area contributed by atoms with Crippen LogP contribution >= 0.6 is 0 Å². The van der Waals surface area contributed by atoms with Crippen LogP contribution in [0.3, 0.4) is 0 Å². The van der Waals surface area contributed by atoms with Crippen LogP contribution < -0.4 is 0 Å². The lowest BCUT2D eigenvalue weighted by Gasteiger charge is -2.55. The summed E-state index contributed by atoms with van der Waals surface area (Å²) >= 11 is 0. The summed E-state index contributed by atoms with van der Waals surface area (Å²) in [4.78, 5) is 0. The molecule has 4 fully saturated rings. The summed E-state index contributed by atoms with van der Waals surface area (Å²) in [7, 11) is 0. The summed E-state index contributed by atoms with van der Waals surface area (Å²) in [5.74, 6) is 4.50. The number of allylic oxidation sites excluding steroid dienone is 4. The molecule has 0 bridgehead atoms. The third-order valence-electron chi connectivity index (χ3n) is 14.6. The Labute approximate surface area is 266 Å². The van der Waals surface area contributed by atoms with Crippen molar-refractivity contribution in [2.24, 2.45) is 57.2 Å². The molecule has 0 radical (unpaired) electrons. The van der Waals surface area contributed by atoms with E-state index < -0.39 is 0 Å². The Kier molecular flexibility index (Phi) is 9.89. The lowest BCUT2D eigenvalue weighted by molar-refractivity contribution is -0.0143. The highest BCUT2D eigenvalue weighted by Gasteiger charge is 2.52. The van der Waals surface area contributed by atoms with Crippen LogP contribution in [0.2, 0.25) is 0 Å². The minimum absolute atomic E-state index is 0.208. The smallest absolute Gasteiger partial charge is 0.0563 e. The van der Waals surface area contributed by atoms with E-state index in [9.17, 15) is 0 Å². The largest absolute Gasteiger partial charge is 0.380 e. The summed E-state index contributed by atoms with van der Waals surface area (Å²) in [5.41, 5.74) is 1.36. The Hall–Kier alpha value is -1.08. The molecular formula is C42H66O. The second kappa shape index (κ2) is 13.3. The normalized spacial score (nSPS) is 42.6. The molecular weight excluding hydrogens is 520 g/mol. The second-order valence-electron chi connectivity index (χ2n) is 17.2. The first-order chi connectivity index (χ1) is 20.8. The monoisotopic (exact) mass is 587 g/mol. The molecule has 0 aromatic heterocycles. The highest BCUT2D eigenvalue weighted by Crippen LogP contribution is 2.62. The van der Waals surface area contributed by atoms with Gasteiger partial charge in [-0.05, 0) is 85.9 Å². The number of hydrogen-bond donors (Lipinski definition) is 0. The molecule has 0 amide bonds. The maximum absolute atomic E-state index is 6.44. The molecule has 6 aliphatic carbocycles. The van der Waals surface area contributed by atoms with Crippen LogP contribution in [0.15, 0.2) is 48.6 Å². The van der Waals surface area contributed by atoms with Crippen molar-refractivity contribution >= 4 is 0 Å². The van der Waals surface area contributed by atoms with Gasteiger partial charge in [0.1, 0.15) is 0 Å². The Morgan fingerprint density at radius 1 is 0.488 bits per heavy atom. The summed E-state index contributed by atoms with van der Waals surface area (Å²) in [6, 6.07) is 0. The van der Waals surface area contributed by atoms with Crippen molar-refractivity contribution in [3.05, 3.63) is 48.6 Å². The van der Waals surface area contributed by atoms with Gasteiger partial charge in [0, 0.05) is 22.7 Å². The molecule has 0 atom stereocenters. The van der Waals surface area contributed by atoms with Gasteiger partial charge < -0.3 is 4.74 Å². The second-order valence-corrected chi connectivity index (χ2v) is 17.2. The van der Waals surface area contributed by atoms with Crippen LogP contribution in [0.4, 0.5) is 0 Å². The molecule has 6 aliphatic rings. The van der Waals surface area contributed by atoms with Gasteiger partial charge >= 0.3 is 0 Å². The van der Waals surface area contributed by atoms with Gasteiger partial charge in [-0.3, -0.25) is 0 Å². The molecule has 1 nitrogen and oxygen atoms in total. The molecule has 43 heavy (non-hydrogen) atoms. The Morgan fingerprint density at radius 3 is 1.14 bits per heavy atom. The summed E-state index contributed by atoms with van der Waals surface area (Å²) in [5, 5.41) is 0. The highest BCUT2D eigenvalue weighted by atomic mass is 16.5. The van der Waals surface area contributed by atoms with E-state index in [1.54, 1.807) is 0 Å². The molecule has 0 aromatic rings. The summed E-state index contributed by atoms with van der Waals surface area (Å²) in [6.07, 6.45) is 46.5. The zero-order valence-corrected chi connectivity index (χ0v) is 28.6. The van der Waals surface area contributed by atoms with Crippen molar-refractivity contribution in [3.63, 3.8) is 0 Å². The first-order valence-corrected chi connectivity index (χ1v) is 19.1. The van der Waals surface area contributed by atoms with E-state index in [1.807, 2.05) is 0 Å². The zero-order valence-electron chi connectivity index (χ0n) is 28.6. The first-order valence-electron chi connectivity index (χ1n) is 19.1. The Bertz CT molecular complexity index is 903. The van der Waals surface area contributed by atoms with Gasteiger partial charge in [0.15, 0.2) is 0 Å². The van der Waals surface area contributed by atoms with Crippen molar-refractivity contribution in [2.75, 3.05) is 13.2 Å². The average molecular weight is 587 g/mol. The minimum Gasteiger partial charge on any atom is -0.380 e. The fourth-order valence-corrected chi connectivity index (χ4v) is 11.5. The summed E-state index contributed by atoms with van der Waals surface area (Å²) < 4.78 is 6.44. The molecule has 0 unspecified atom stereocenters. The Balaban J connectivity index is 1.04. The fourth-order valence-electron chi connectivity index (χ4n) is 11.5. The molecule has 1 heteroatoms. The average Bonchev–Trinajstić information content (AvgIpc) is 3.04. The van der Waals surface area contributed by atoms with Crippen LogP contribution in [0.5, 0.6) is 0 Å². The Morgan fingerprint density at radius 2 is 0.814 bits per heavy atom. The third-order valence-corrected chi connectivity index (χ3v) is 14.6. The van der Waals surface area contributed by atoms with Crippen LogP contribution in [0.25, 0.3) is 0 Å². The predicted octanol–water partition coefficient (Wildman–Crippen LogP) is 12.1. The number of hydrogen-bond acceptors (Lipinski definition) is 1. The fraction of sp³-hybridized carbons (Fsp3) is 0.810. The molecule has 0 aromatic carbocycles. The van der Waals surface area contributed by atoms with Crippen molar-refractivity contribution in [1.82, 2.24) is 0 Å². The molecule has 0 N–H and O–H groups in total. The van der Waals surface area contributed by atoms with Crippen LogP contribution in [0, 0.1) is 57.2 Å². The van der Waals surface area contributed by atoms with Gasteiger partial charge in [0.05, 0.1) is 13.2 Å². The predicted molar refractivity (Wildman–Crippen MR) is 184 cm³/mol. The topological polar surface area (TPSA) is 9.23 Å². The molecule has 0 saturated heterocycles. The van der Waals surface area contributed by atoms with Crippen LogP contribution in [0.1, 0.15) is 143 Å².